The molecule has 0 aliphatic carbocycles. The molecular weight excluding hydrogens is 295 g/mol. The van der Waals surface area contributed by atoms with E-state index in [9.17, 15) is 0 Å². The first-order valence-electron chi connectivity index (χ1n) is 5.51. The van der Waals surface area contributed by atoms with Crippen LogP contribution in [0.3, 0.4) is 0 Å². The van der Waals surface area contributed by atoms with Crippen molar-refractivity contribution in [2.24, 2.45) is 0 Å². The molecule has 0 saturated carbocycles. The molecule has 2 heterocycles. The molecule has 18 heavy (non-hydrogen) atoms. The maximum absolute atomic E-state index is 6.13. The highest BCUT2D eigenvalue weighted by Crippen LogP contribution is 2.38. The summed E-state index contributed by atoms with van der Waals surface area (Å²) >= 11 is 18.1. The molecule has 0 bridgehead atoms. The molecule has 7 heteroatoms. The average Bonchev–Trinajstić information content (AvgIpc) is 2.43. The first-order valence-corrected chi connectivity index (χ1v) is 6.64. The van der Waals surface area contributed by atoms with Crippen molar-refractivity contribution in [2.75, 3.05) is 0 Å². The van der Waals surface area contributed by atoms with E-state index >= 15 is 0 Å². The van der Waals surface area contributed by atoms with E-state index < -0.39 is 18.3 Å². The molecule has 0 spiro atoms. The lowest BCUT2D eigenvalue weighted by Gasteiger charge is -2.32. The van der Waals surface area contributed by atoms with Crippen LogP contribution < -0.4 is 5.46 Å². The number of hydrogen-bond acceptors (Lipinski definition) is 3. The van der Waals surface area contributed by atoms with Crippen LogP contribution in [0.4, 0.5) is 0 Å². The fraction of sp³-hybridized carbons (Fsp3) is 0.545. The van der Waals surface area contributed by atoms with Gasteiger partial charge in [-0.3, -0.25) is 0 Å². The smallest absolute Gasteiger partial charge is 0.399 e. The Hall–Kier alpha value is 0.00494. The molecule has 0 radical (unpaired) electrons. The number of nitrogens with zero attached hydrogens (tertiary/aromatic N) is 1. The van der Waals surface area contributed by atoms with Gasteiger partial charge in [-0.1, -0.05) is 34.8 Å². The third kappa shape index (κ3) is 2.25. The van der Waals surface area contributed by atoms with Gasteiger partial charge in [-0.25, -0.2) is 4.98 Å². The van der Waals surface area contributed by atoms with Crippen LogP contribution in [0.15, 0.2) is 6.20 Å². The molecule has 1 saturated heterocycles. The number of hydrogen-bond donors (Lipinski definition) is 0. The van der Waals surface area contributed by atoms with Gasteiger partial charge in [0.1, 0.15) is 5.15 Å². The summed E-state index contributed by atoms with van der Waals surface area (Å²) in [6, 6.07) is 0. The monoisotopic (exact) mass is 307 g/mol. The Morgan fingerprint density at radius 1 is 1.06 bits per heavy atom. The Kier molecular flexibility index (Phi) is 3.63. The zero-order chi connectivity index (χ0) is 13.7. The van der Waals surface area contributed by atoms with E-state index in [4.69, 9.17) is 44.1 Å². The van der Waals surface area contributed by atoms with Gasteiger partial charge < -0.3 is 9.31 Å². The molecule has 2 rings (SSSR count). The van der Waals surface area contributed by atoms with Gasteiger partial charge in [0.15, 0.2) is 0 Å². The van der Waals surface area contributed by atoms with E-state index in [1.54, 1.807) is 0 Å². The average molecular weight is 308 g/mol. The SMILES string of the molecule is CC1(C)OB(c2c(Cl)cnc(Cl)c2Cl)OC1(C)C. The van der Waals surface area contributed by atoms with Gasteiger partial charge in [-0.05, 0) is 27.7 Å². The largest absolute Gasteiger partial charge is 0.498 e. The van der Waals surface area contributed by atoms with Crippen LogP contribution in [0.25, 0.3) is 0 Å². The molecule has 1 aromatic rings. The van der Waals surface area contributed by atoms with E-state index in [1.165, 1.54) is 6.20 Å². The molecule has 0 unspecified atom stereocenters. The van der Waals surface area contributed by atoms with E-state index in [-0.39, 0.29) is 10.2 Å². The molecule has 98 valence electrons. The van der Waals surface area contributed by atoms with Gasteiger partial charge in [0, 0.05) is 11.7 Å². The van der Waals surface area contributed by atoms with E-state index in [2.05, 4.69) is 4.98 Å². The summed E-state index contributed by atoms with van der Waals surface area (Å²) < 4.78 is 11.8. The van der Waals surface area contributed by atoms with Crippen LogP contribution in [-0.2, 0) is 9.31 Å². The zero-order valence-electron chi connectivity index (χ0n) is 10.6. The van der Waals surface area contributed by atoms with Crippen molar-refractivity contribution in [3.8, 4) is 0 Å². The Balaban J connectivity index is 2.44. The third-order valence-corrected chi connectivity index (χ3v) is 4.52. The molecule has 1 aromatic heterocycles. The van der Waals surface area contributed by atoms with Crippen molar-refractivity contribution < 1.29 is 9.31 Å². The second kappa shape index (κ2) is 4.53. The number of halogens is 3. The lowest BCUT2D eigenvalue weighted by molar-refractivity contribution is 0.00578. The summed E-state index contributed by atoms with van der Waals surface area (Å²) in [5, 5.41) is 0.830. The Morgan fingerprint density at radius 3 is 2.06 bits per heavy atom. The molecule has 0 N–H and O–H groups in total. The Morgan fingerprint density at radius 2 is 1.56 bits per heavy atom. The van der Waals surface area contributed by atoms with Gasteiger partial charge in [0.2, 0.25) is 0 Å². The van der Waals surface area contributed by atoms with E-state index in [0.717, 1.165) is 0 Å². The van der Waals surface area contributed by atoms with Crippen LogP contribution in [0.1, 0.15) is 27.7 Å². The topological polar surface area (TPSA) is 31.4 Å². The summed E-state index contributed by atoms with van der Waals surface area (Å²) in [6.45, 7) is 7.82. The standard InChI is InChI=1S/C11H13BCl3NO2/c1-10(2)11(3,4)18-12(17-10)7-6(13)5-16-9(15)8(7)14/h5H,1-4H3. The summed E-state index contributed by atoms with van der Waals surface area (Å²) in [7, 11) is -0.643. The second-order valence-electron chi connectivity index (χ2n) is 5.21. The Bertz CT molecular complexity index is 477. The van der Waals surface area contributed by atoms with Crippen molar-refractivity contribution in [2.45, 2.75) is 38.9 Å². The highest BCUT2D eigenvalue weighted by molar-refractivity contribution is 6.69. The molecule has 1 aliphatic heterocycles. The van der Waals surface area contributed by atoms with Crippen LogP contribution in [0, 0.1) is 0 Å². The Labute approximate surface area is 122 Å². The van der Waals surface area contributed by atoms with Crippen molar-refractivity contribution in [1.29, 1.82) is 0 Å². The van der Waals surface area contributed by atoms with Crippen LogP contribution in [0.5, 0.6) is 0 Å². The van der Waals surface area contributed by atoms with Crippen LogP contribution >= 0.6 is 34.8 Å². The fourth-order valence-corrected chi connectivity index (χ4v) is 2.30. The highest BCUT2D eigenvalue weighted by atomic mass is 35.5. The van der Waals surface area contributed by atoms with Gasteiger partial charge in [0.05, 0.1) is 21.2 Å². The predicted octanol–water partition coefficient (Wildman–Crippen LogP) is 3.34. The predicted molar refractivity (Wildman–Crippen MR) is 75.0 cm³/mol. The van der Waals surface area contributed by atoms with Crippen molar-refractivity contribution in [1.82, 2.24) is 4.98 Å². The molecule has 3 nitrogen and oxygen atoms in total. The minimum Gasteiger partial charge on any atom is -0.399 e. The lowest BCUT2D eigenvalue weighted by Crippen LogP contribution is -2.41. The summed E-state index contributed by atoms with van der Waals surface area (Å²) in [5.41, 5.74) is -0.392. The zero-order valence-corrected chi connectivity index (χ0v) is 12.8. The van der Waals surface area contributed by atoms with E-state index in [1.807, 2.05) is 27.7 Å². The lowest BCUT2D eigenvalue weighted by atomic mass is 9.79. The van der Waals surface area contributed by atoms with Crippen molar-refractivity contribution >= 4 is 47.4 Å². The third-order valence-electron chi connectivity index (χ3n) is 3.46. The van der Waals surface area contributed by atoms with E-state index in [0.29, 0.717) is 10.5 Å². The maximum Gasteiger partial charge on any atom is 0.498 e. The molecule has 0 amide bonds. The minimum atomic E-state index is -0.643. The quantitative estimate of drug-likeness (QED) is 0.589. The molecule has 0 aromatic carbocycles. The first-order chi connectivity index (χ1) is 8.16. The minimum absolute atomic E-state index is 0.186. The number of pyridine rings is 1. The fourth-order valence-electron chi connectivity index (χ4n) is 1.63. The van der Waals surface area contributed by atoms with Gasteiger partial charge in [-0.2, -0.15) is 0 Å². The molecule has 1 aliphatic rings. The van der Waals surface area contributed by atoms with Gasteiger partial charge in [-0.15, -0.1) is 0 Å². The maximum atomic E-state index is 6.13. The van der Waals surface area contributed by atoms with Crippen LogP contribution in [-0.4, -0.2) is 23.3 Å². The second-order valence-corrected chi connectivity index (χ2v) is 6.36. The summed E-state index contributed by atoms with van der Waals surface area (Å²) in [4.78, 5) is 3.87. The van der Waals surface area contributed by atoms with Crippen molar-refractivity contribution in [3.63, 3.8) is 0 Å². The first kappa shape index (κ1) is 14.4. The number of aromatic nitrogens is 1. The van der Waals surface area contributed by atoms with Crippen molar-refractivity contribution in [3.05, 3.63) is 21.4 Å². The highest BCUT2D eigenvalue weighted by Gasteiger charge is 2.53. The normalized spacial score (nSPS) is 21.4. The van der Waals surface area contributed by atoms with Crippen LogP contribution in [0.2, 0.25) is 15.2 Å². The van der Waals surface area contributed by atoms with Gasteiger partial charge in [0.25, 0.3) is 0 Å². The summed E-state index contributed by atoms with van der Waals surface area (Å²) in [5.74, 6) is 0. The summed E-state index contributed by atoms with van der Waals surface area (Å²) in [6.07, 6.45) is 1.44. The number of rotatable bonds is 1. The molecule has 1 fully saturated rings. The van der Waals surface area contributed by atoms with Gasteiger partial charge >= 0.3 is 7.12 Å². The molecule has 0 atom stereocenters. The molecular formula is C11H13BCl3NO2.